The summed E-state index contributed by atoms with van der Waals surface area (Å²) in [6.07, 6.45) is 0.925. The smallest absolute Gasteiger partial charge is 0.329 e. The van der Waals surface area contributed by atoms with E-state index in [-0.39, 0.29) is 24.2 Å². The number of imidazole rings is 1. The quantitative estimate of drug-likeness (QED) is 0.702. The second-order valence-corrected chi connectivity index (χ2v) is 7.74. The van der Waals surface area contributed by atoms with E-state index in [2.05, 4.69) is 41.4 Å². The molecule has 29 heavy (non-hydrogen) atoms. The zero-order valence-corrected chi connectivity index (χ0v) is 17.0. The lowest BCUT2D eigenvalue weighted by Crippen LogP contribution is -2.40. The van der Waals surface area contributed by atoms with E-state index in [1.165, 1.54) is 5.56 Å². The van der Waals surface area contributed by atoms with Crippen LogP contribution in [0.2, 0.25) is 0 Å². The Morgan fingerprint density at radius 2 is 1.72 bits per heavy atom. The molecule has 1 saturated heterocycles. The number of fused-ring (bicyclic) bond motifs is 1. The van der Waals surface area contributed by atoms with E-state index in [1.54, 1.807) is 9.13 Å². The lowest BCUT2D eigenvalue weighted by atomic mass is 10.1. The van der Waals surface area contributed by atoms with Crippen LogP contribution in [0.3, 0.4) is 0 Å². The summed E-state index contributed by atoms with van der Waals surface area (Å²) in [7, 11) is 0. The fourth-order valence-corrected chi connectivity index (χ4v) is 4.35. The molecular formula is C23H28N4O2. The van der Waals surface area contributed by atoms with Crippen molar-refractivity contribution in [2.24, 2.45) is 0 Å². The standard InChI is InChI=1S/C23H28N4O2/c1-3-26-20-11-7-8-12-21(20)27(23(26)29)16-22(28)24-19-13-14-25(15-19)17(2)18-9-5-4-6-10-18/h4-12,17,19H,3,13-16H2,1-2H3,(H,24,28). The third kappa shape index (κ3) is 3.85. The van der Waals surface area contributed by atoms with Crippen molar-refractivity contribution in [1.29, 1.82) is 0 Å². The van der Waals surface area contributed by atoms with Gasteiger partial charge in [-0.1, -0.05) is 42.5 Å². The molecule has 1 aliphatic rings. The lowest BCUT2D eigenvalue weighted by Gasteiger charge is -2.24. The minimum Gasteiger partial charge on any atom is -0.350 e. The minimum absolute atomic E-state index is 0.0527. The number of para-hydroxylation sites is 2. The molecule has 2 atom stereocenters. The third-order valence-electron chi connectivity index (χ3n) is 5.96. The summed E-state index contributed by atoms with van der Waals surface area (Å²) in [6, 6.07) is 18.5. The Hall–Kier alpha value is -2.86. The number of likely N-dealkylation sites (tertiary alicyclic amines) is 1. The fourth-order valence-electron chi connectivity index (χ4n) is 4.35. The number of benzene rings is 2. The SMILES string of the molecule is CCn1c(=O)n(CC(=O)NC2CCN(C(C)c3ccccc3)C2)c2ccccc21. The first kappa shape index (κ1) is 19.5. The predicted octanol–water partition coefficient (Wildman–Crippen LogP) is 2.77. The van der Waals surface area contributed by atoms with E-state index in [4.69, 9.17) is 0 Å². The number of aryl methyl sites for hydroxylation is 1. The third-order valence-corrected chi connectivity index (χ3v) is 5.96. The van der Waals surface area contributed by atoms with Gasteiger partial charge in [0.05, 0.1) is 11.0 Å². The van der Waals surface area contributed by atoms with Crippen molar-refractivity contribution < 1.29 is 4.79 Å². The highest BCUT2D eigenvalue weighted by Gasteiger charge is 2.28. The first-order chi connectivity index (χ1) is 14.1. The molecule has 6 nitrogen and oxygen atoms in total. The molecular weight excluding hydrogens is 364 g/mol. The maximum atomic E-state index is 12.7. The van der Waals surface area contributed by atoms with Gasteiger partial charge in [-0.05, 0) is 38.0 Å². The molecule has 0 aliphatic carbocycles. The number of carbonyl (C=O) groups is 1. The van der Waals surface area contributed by atoms with Gasteiger partial charge in [-0.3, -0.25) is 18.8 Å². The van der Waals surface area contributed by atoms with Crippen LogP contribution in [-0.4, -0.2) is 39.1 Å². The van der Waals surface area contributed by atoms with Gasteiger partial charge in [0.25, 0.3) is 0 Å². The van der Waals surface area contributed by atoms with Crippen molar-refractivity contribution in [2.45, 2.75) is 45.4 Å². The van der Waals surface area contributed by atoms with Crippen molar-refractivity contribution in [3.8, 4) is 0 Å². The molecule has 152 valence electrons. The lowest BCUT2D eigenvalue weighted by molar-refractivity contribution is -0.122. The number of aromatic nitrogens is 2. The van der Waals surface area contributed by atoms with Crippen molar-refractivity contribution in [3.05, 3.63) is 70.6 Å². The molecule has 4 rings (SSSR count). The Balaban J connectivity index is 1.42. The Bertz CT molecular complexity index is 1050. The molecule has 2 heterocycles. The monoisotopic (exact) mass is 392 g/mol. The van der Waals surface area contributed by atoms with Crippen LogP contribution < -0.4 is 11.0 Å². The van der Waals surface area contributed by atoms with Crippen LogP contribution in [0, 0.1) is 0 Å². The number of hydrogen-bond acceptors (Lipinski definition) is 3. The highest BCUT2D eigenvalue weighted by atomic mass is 16.2. The van der Waals surface area contributed by atoms with E-state index in [1.807, 2.05) is 37.3 Å². The number of rotatable bonds is 6. The fraction of sp³-hybridized carbons (Fsp3) is 0.391. The zero-order valence-electron chi connectivity index (χ0n) is 17.0. The maximum absolute atomic E-state index is 12.7. The predicted molar refractivity (Wildman–Crippen MR) is 115 cm³/mol. The molecule has 1 aliphatic heterocycles. The molecule has 0 spiro atoms. The van der Waals surface area contributed by atoms with E-state index >= 15 is 0 Å². The van der Waals surface area contributed by atoms with E-state index in [0.717, 1.165) is 30.5 Å². The maximum Gasteiger partial charge on any atom is 0.329 e. The summed E-state index contributed by atoms with van der Waals surface area (Å²) < 4.78 is 3.29. The molecule has 1 fully saturated rings. The number of amides is 1. The average Bonchev–Trinajstić information content (AvgIpc) is 3.31. The van der Waals surface area contributed by atoms with Gasteiger partial charge >= 0.3 is 5.69 Å². The first-order valence-corrected chi connectivity index (χ1v) is 10.3. The minimum atomic E-state index is -0.130. The molecule has 1 aromatic heterocycles. The van der Waals surface area contributed by atoms with E-state index in [9.17, 15) is 9.59 Å². The molecule has 0 radical (unpaired) electrons. The molecule has 0 bridgehead atoms. The van der Waals surface area contributed by atoms with Crippen LogP contribution in [0.1, 0.15) is 31.9 Å². The Morgan fingerprint density at radius 1 is 1.07 bits per heavy atom. The Morgan fingerprint density at radius 3 is 2.41 bits per heavy atom. The molecule has 2 aromatic carbocycles. The van der Waals surface area contributed by atoms with Crippen molar-refractivity contribution in [3.63, 3.8) is 0 Å². The van der Waals surface area contributed by atoms with E-state index < -0.39 is 0 Å². The van der Waals surface area contributed by atoms with E-state index in [0.29, 0.717) is 12.6 Å². The van der Waals surface area contributed by atoms with Crippen molar-refractivity contribution >= 4 is 16.9 Å². The van der Waals surface area contributed by atoms with Gasteiger partial charge in [-0.15, -0.1) is 0 Å². The zero-order chi connectivity index (χ0) is 20.4. The normalized spacial score (nSPS) is 18.2. The van der Waals surface area contributed by atoms with Gasteiger partial charge in [0, 0.05) is 31.7 Å². The number of nitrogens with one attached hydrogen (secondary N) is 1. The molecule has 0 saturated carbocycles. The summed E-state index contributed by atoms with van der Waals surface area (Å²) in [4.78, 5) is 27.8. The number of carbonyl (C=O) groups excluding carboxylic acids is 1. The second kappa shape index (κ2) is 8.25. The topological polar surface area (TPSA) is 59.3 Å². The molecule has 2 unspecified atom stereocenters. The second-order valence-electron chi connectivity index (χ2n) is 7.74. The first-order valence-electron chi connectivity index (χ1n) is 10.3. The molecule has 6 heteroatoms. The van der Waals surface area contributed by atoms with Crippen LogP contribution in [0.15, 0.2) is 59.4 Å². The molecule has 3 aromatic rings. The van der Waals surface area contributed by atoms with Gasteiger partial charge in [-0.2, -0.15) is 0 Å². The summed E-state index contributed by atoms with van der Waals surface area (Å²) in [6.45, 7) is 6.57. The summed E-state index contributed by atoms with van der Waals surface area (Å²) in [5.41, 5.74) is 2.84. The van der Waals surface area contributed by atoms with Crippen LogP contribution in [0.25, 0.3) is 11.0 Å². The van der Waals surface area contributed by atoms with Crippen LogP contribution in [0.4, 0.5) is 0 Å². The summed E-state index contributed by atoms with van der Waals surface area (Å²) in [5, 5.41) is 3.13. The number of nitrogens with zero attached hydrogens (tertiary/aromatic N) is 3. The highest BCUT2D eigenvalue weighted by molar-refractivity contribution is 5.81. The Kier molecular flexibility index (Phi) is 5.53. The van der Waals surface area contributed by atoms with Gasteiger partial charge < -0.3 is 5.32 Å². The summed E-state index contributed by atoms with van der Waals surface area (Å²) >= 11 is 0. The molecule has 1 amide bonds. The molecule has 1 N–H and O–H groups in total. The highest BCUT2D eigenvalue weighted by Crippen LogP contribution is 2.24. The van der Waals surface area contributed by atoms with Crippen LogP contribution in [-0.2, 0) is 17.9 Å². The van der Waals surface area contributed by atoms with Gasteiger partial charge in [0.15, 0.2) is 0 Å². The van der Waals surface area contributed by atoms with Crippen LogP contribution in [0.5, 0.6) is 0 Å². The van der Waals surface area contributed by atoms with Gasteiger partial charge in [0.1, 0.15) is 6.54 Å². The van der Waals surface area contributed by atoms with Crippen molar-refractivity contribution in [1.82, 2.24) is 19.4 Å². The summed E-state index contributed by atoms with van der Waals surface area (Å²) in [5.74, 6) is -0.106. The largest absolute Gasteiger partial charge is 0.350 e. The average molecular weight is 393 g/mol. The Labute approximate surface area is 170 Å². The van der Waals surface area contributed by atoms with Crippen molar-refractivity contribution in [2.75, 3.05) is 13.1 Å². The van der Waals surface area contributed by atoms with Crippen LogP contribution >= 0.6 is 0 Å². The van der Waals surface area contributed by atoms with Gasteiger partial charge in [-0.25, -0.2) is 4.79 Å². The number of hydrogen-bond donors (Lipinski definition) is 1. The van der Waals surface area contributed by atoms with Gasteiger partial charge in [0.2, 0.25) is 5.91 Å².